The molecule has 0 saturated carbocycles. The molecule has 96 valence electrons. The van der Waals surface area contributed by atoms with Crippen molar-refractivity contribution in [3.8, 4) is 0 Å². The van der Waals surface area contributed by atoms with Crippen molar-refractivity contribution < 1.29 is 4.74 Å². The molecule has 0 fully saturated rings. The van der Waals surface area contributed by atoms with E-state index < -0.39 is 0 Å². The van der Waals surface area contributed by atoms with E-state index in [0.717, 1.165) is 16.6 Å². The molecule has 1 aromatic heterocycles. The van der Waals surface area contributed by atoms with Crippen LogP contribution in [0.15, 0.2) is 22.8 Å². The Bertz CT molecular complexity index is 340. The van der Waals surface area contributed by atoms with E-state index in [1.807, 2.05) is 32.9 Å². The smallest absolute Gasteiger partial charge is 0.0795 e. The summed E-state index contributed by atoms with van der Waals surface area (Å²) >= 11 is 3.37. The molecule has 0 spiro atoms. The van der Waals surface area contributed by atoms with Crippen molar-refractivity contribution in [1.82, 2.24) is 10.4 Å². The molecule has 0 aliphatic rings. The van der Waals surface area contributed by atoms with Crippen molar-refractivity contribution in [3.63, 3.8) is 0 Å². The molecular weight excluding hydrogens is 282 g/mol. The minimum atomic E-state index is -0.321. The molecule has 1 atom stereocenters. The second-order valence-electron chi connectivity index (χ2n) is 4.43. The van der Waals surface area contributed by atoms with Gasteiger partial charge in [-0.3, -0.25) is 16.3 Å². The molecule has 1 heterocycles. The standard InChI is InChI=1S/C12H20BrN3O/c1-4-17-12(2,3)11(16-14)7-10-6-5-9(13)8-15-10/h5-6,8,11,16H,4,7,14H2,1-3H3. The van der Waals surface area contributed by atoms with E-state index in [4.69, 9.17) is 10.6 Å². The van der Waals surface area contributed by atoms with Crippen LogP contribution in [0.2, 0.25) is 0 Å². The van der Waals surface area contributed by atoms with Gasteiger partial charge in [-0.2, -0.15) is 0 Å². The summed E-state index contributed by atoms with van der Waals surface area (Å²) in [6.07, 6.45) is 2.52. The maximum Gasteiger partial charge on any atom is 0.0795 e. The van der Waals surface area contributed by atoms with Crippen LogP contribution in [0.4, 0.5) is 0 Å². The number of hydrogen-bond acceptors (Lipinski definition) is 4. The van der Waals surface area contributed by atoms with Gasteiger partial charge in [-0.15, -0.1) is 0 Å². The molecule has 5 heteroatoms. The van der Waals surface area contributed by atoms with Crippen molar-refractivity contribution >= 4 is 15.9 Å². The molecular formula is C12H20BrN3O. The van der Waals surface area contributed by atoms with Crippen molar-refractivity contribution in [3.05, 3.63) is 28.5 Å². The summed E-state index contributed by atoms with van der Waals surface area (Å²) in [5, 5.41) is 0. The summed E-state index contributed by atoms with van der Waals surface area (Å²) in [5.41, 5.74) is 3.48. The number of pyridine rings is 1. The Kier molecular flexibility index (Phi) is 5.52. The van der Waals surface area contributed by atoms with Crippen molar-refractivity contribution in [1.29, 1.82) is 0 Å². The number of hydrogen-bond donors (Lipinski definition) is 2. The van der Waals surface area contributed by atoms with Crippen molar-refractivity contribution in [2.24, 2.45) is 5.84 Å². The first-order valence-electron chi connectivity index (χ1n) is 5.70. The minimum Gasteiger partial charge on any atom is -0.374 e. The molecule has 3 N–H and O–H groups in total. The summed E-state index contributed by atoms with van der Waals surface area (Å²) in [4.78, 5) is 4.34. The van der Waals surface area contributed by atoms with Gasteiger partial charge < -0.3 is 4.74 Å². The summed E-state index contributed by atoms with van der Waals surface area (Å²) in [7, 11) is 0. The van der Waals surface area contributed by atoms with Crippen molar-refractivity contribution in [2.75, 3.05) is 6.61 Å². The normalized spacial score (nSPS) is 13.7. The quantitative estimate of drug-likeness (QED) is 0.623. The van der Waals surface area contributed by atoms with E-state index in [2.05, 4.69) is 26.3 Å². The van der Waals surface area contributed by atoms with Gasteiger partial charge in [0.2, 0.25) is 0 Å². The average molecular weight is 302 g/mol. The zero-order chi connectivity index (χ0) is 12.9. The van der Waals surface area contributed by atoms with Crippen LogP contribution in [0.3, 0.4) is 0 Å². The highest BCUT2D eigenvalue weighted by atomic mass is 79.9. The van der Waals surface area contributed by atoms with Crippen molar-refractivity contribution in [2.45, 2.75) is 38.8 Å². The molecule has 0 aliphatic heterocycles. The number of nitrogens with zero attached hydrogens (tertiary/aromatic N) is 1. The molecule has 0 aromatic carbocycles. The Morgan fingerprint density at radius 3 is 2.71 bits per heavy atom. The highest BCUT2D eigenvalue weighted by molar-refractivity contribution is 9.10. The van der Waals surface area contributed by atoms with Crippen LogP contribution in [-0.4, -0.2) is 23.2 Å². The topological polar surface area (TPSA) is 60.2 Å². The van der Waals surface area contributed by atoms with Gasteiger partial charge in [-0.1, -0.05) is 0 Å². The van der Waals surface area contributed by atoms with Gasteiger partial charge in [0, 0.05) is 29.4 Å². The lowest BCUT2D eigenvalue weighted by molar-refractivity contribution is -0.0383. The third-order valence-corrected chi connectivity index (χ3v) is 3.23. The van der Waals surface area contributed by atoms with E-state index in [-0.39, 0.29) is 11.6 Å². The Morgan fingerprint density at radius 2 is 2.24 bits per heavy atom. The first-order chi connectivity index (χ1) is 7.99. The average Bonchev–Trinajstić information content (AvgIpc) is 2.28. The molecule has 4 nitrogen and oxygen atoms in total. The van der Waals surface area contributed by atoms with Crippen LogP contribution < -0.4 is 11.3 Å². The number of nitrogens with two attached hydrogens (primary N) is 1. The molecule has 1 unspecified atom stereocenters. The van der Waals surface area contributed by atoms with E-state index in [1.54, 1.807) is 6.20 Å². The summed E-state index contributed by atoms with van der Waals surface area (Å²) < 4.78 is 6.67. The molecule has 17 heavy (non-hydrogen) atoms. The third kappa shape index (κ3) is 4.35. The predicted octanol–water partition coefficient (Wildman–Crippen LogP) is 2.03. The zero-order valence-electron chi connectivity index (χ0n) is 10.5. The molecule has 0 bridgehead atoms. The van der Waals surface area contributed by atoms with Gasteiger partial charge in [-0.25, -0.2) is 0 Å². The fourth-order valence-corrected chi connectivity index (χ4v) is 1.95. The summed E-state index contributed by atoms with van der Waals surface area (Å²) in [6, 6.07) is 3.98. The van der Waals surface area contributed by atoms with Crippen LogP contribution in [0.25, 0.3) is 0 Å². The predicted molar refractivity (Wildman–Crippen MR) is 72.5 cm³/mol. The summed E-state index contributed by atoms with van der Waals surface area (Å²) in [6.45, 7) is 6.70. The lowest BCUT2D eigenvalue weighted by Gasteiger charge is -2.33. The van der Waals surface area contributed by atoms with E-state index in [1.165, 1.54) is 0 Å². The molecule has 1 aromatic rings. The van der Waals surface area contributed by atoms with Crippen LogP contribution in [0.5, 0.6) is 0 Å². The maximum absolute atomic E-state index is 5.70. The monoisotopic (exact) mass is 301 g/mol. The highest BCUT2D eigenvalue weighted by Gasteiger charge is 2.29. The minimum absolute atomic E-state index is 0.0242. The number of rotatable bonds is 6. The number of aromatic nitrogens is 1. The van der Waals surface area contributed by atoms with Gasteiger partial charge in [0.15, 0.2) is 0 Å². The molecule has 0 saturated heterocycles. The molecule has 0 amide bonds. The largest absolute Gasteiger partial charge is 0.374 e. The third-order valence-electron chi connectivity index (χ3n) is 2.76. The Balaban J connectivity index is 2.72. The second-order valence-corrected chi connectivity index (χ2v) is 5.34. The van der Waals surface area contributed by atoms with Crippen LogP contribution in [-0.2, 0) is 11.2 Å². The maximum atomic E-state index is 5.70. The number of hydrazine groups is 1. The lowest BCUT2D eigenvalue weighted by atomic mass is 9.94. The molecule has 1 rings (SSSR count). The Hall–Kier alpha value is -0.490. The van der Waals surface area contributed by atoms with Crippen LogP contribution in [0, 0.1) is 0 Å². The first-order valence-corrected chi connectivity index (χ1v) is 6.49. The lowest BCUT2D eigenvalue weighted by Crippen LogP contribution is -2.52. The van der Waals surface area contributed by atoms with Gasteiger partial charge in [0.25, 0.3) is 0 Å². The summed E-state index contributed by atoms with van der Waals surface area (Å²) in [5.74, 6) is 5.60. The fraction of sp³-hybridized carbons (Fsp3) is 0.583. The van der Waals surface area contributed by atoms with Gasteiger partial charge >= 0.3 is 0 Å². The second kappa shape index (κ2) is 6.44. The zero-order valence-corrected chi connectivity index (χ0v) is 12.1. The Morgan fingerprint density at radius 1 is 1.53 bits per heavy atom. The van der Waals surface area contributed by atoms with E-state index >= 15 is 0 Å². The van der Waals surface area contributed by atoms with Gasteiger partial charge in [0.1, 0.15) is 0 Å². The number of nitrogens with one attached hydrogen (secondary N) is 1. The van der Waals surface area contributed by atoms with Gasteiger partial charge in [-0.05, 0) is 48.8 Å². The molecule has 0 radical (unpaired) electrons. The number of halogens is 1. The fourth-order valence-electron chi connectivity index (χ4n) is 1.71. The highest BCUT2D eigenvalue weighted by Crippen LogP contribution is 2.18. The molecule has 0 aliphatic carbocycles. The number of ether oxygens (including phenoxy) is 1. The Labute approximate surface area is 111 Å². The van der Waals surface area contributed by atoms with Gasteiger partial charge in [0.05, 0.1) is 11.6 Å². The first kappa shape index (κ1) is 14.6. The SMILES string of the molecule is CCOC(C)(C)C(Cc1ccc(Br)cn1)NN. The van der Waals surface area contributed by atoms with Crippen LogP contribution in [0.1, 0.15) is 26.5 Å². The van der Waals surface area contributed by atoms with Crippen LogP contribution >= 0.6 is 15.9 Å². The van der Waals surface area contributed by atoms with E-state index in [0.29, 0.717) is 6.61 Å². The van der Waals surface area contributed by atoms with E-state index in [9.17, 15) is 0 Å².